The Kier molecular flexibility index (Phi) is 3.16. The standard InChI is InChI=1S/C12H16N2O3S/c1-8-3-4-10-11(5-8)18(16,17)9(2)7-14(10)12(15)6-13/h3-5,9H,6-7,13H2,1-2H3. The molecule has 2 rings (SSSR count). The second-order valence-corrected chi connectivity index (χ2v) is 6.87. The molecule has 1 aliphatic heterocycles. The average molecular weight is 268 g/mol. The van der Waals surface area contributed by atoms with Crippen LogP contribution in [0.1, 0.15) is 12.5 Å². The van der Waals surface area contributed by atoms with Crippen molar-refractivity contribution in [1.29, 1.82) is 0 Å². The molecule has 0 bridgehead atoms. The number of nitrogens with two attached hydrogens (primary N) is 1. The lowest BCUT2D eigenvalue weighted by molar-refractivity contribution is -0.117. The van der Waals surface area contributed by atoms with Crippen molar-refractivity contribution in [1.82, 2.24) is 0 Å². The first-order valence-electron chi connectivity index (χ1n) is 5.73. The highest BCUT2D eigenvalue weighted by Crippen LogP contribution is 2.34. The molecule has 0 saturated carbocycles. The van der Waals surface area contributed by atoms with Crippen molar-refractivity contribution in [2.75, 3.05) is 18.0 Å². The molecule has 0 fully saturated rings. The van der Waals surface area contributed by atoms with Gasteiger partial charge >= 0.3 is 0 Å². The molecular formula is C12H16N2O3S. The van der Waals surface area contributed by atoms with Gasteiger partial charge in [0.05, 0.1) is 22.4 Å². The van der Waals surface area contributed by atoms with E-state index in [-0.39, 0.29) is 23.9 Å². The summed E-state index contributed by atoms with van der Waals surface area (Å²) in [7, 11) is -3.35. The molecule has 1 amide bonds. The molecule has 1 heterocycles. The minimum Gasteiger partial charge on any atom is -0.322 e. The number of sulfone groups is 1. The van der Waals surface area contributed by atoms with Crippen LogP contribution in [0, 0.1) is 6.92 Å². The summed E-state index contributed by atoms with van der Waals surface area (Å²) in [5, 5.41) is -0.609. The number of carbonyl (C=O) groups excluding carboxylic acids is 1. The number of aryl methyl sites for hydroxylation is 1. The fourth-order valence-electron chi connectivity index (χ4n) is 2.09. The van der Waals surface area contributed by atoms with Gasteiger partial charge in [0, 0.05) is 6.54 Å². The van der Waals surface area contributed by atoms with Crippen LogP contribution in [0.15, 0.2) is 23.1 Å². The van der Waals surface area contributed by atoms with Crippen molar-refractivity contribution in [2.24, 2.45) is 5.73 Å². The van der Waals surface area contributed by atoms with Gasteiger partial charge in [0.2, 0.25) is 5.91 Å². The number of amides is 1. The molecule has 1 unspecified atom stereocenters. The first-order chi connectivity index (χ1) is 8.37. The fraction of sp³-hybridized carbons (Fsp3) is 0.417. The van der Waals surface area contributed by atoms with Crippen molar-refractivity contribution in [3.63, 3.8) is 0 Å². The minimum absolute atomic E-state index is 0.125. The Morgan fingerprint density at radius 3 is 2.78 bits per heavy atom. The van der Waals surface area contributed by atoms with Gasteiger partial charge in [0.25, 0.3) is 0 Å². The molecule has 1 aromatic rings. The highest BCUT2D eigenvalue weighted by molar-refractivity contribution is 7.92. The van der Waals surface area contributed by atoms with E-state index in [0.29, 0.717) is 5.69 Å². The van der Waals surface area contributed by atoms with E-state index in [1.54, 1.807) is 25.1 Å². The molecule has 5 nitrogen and oxygen atoms in total. The fourth-order valence-corrected chi connectivity index (χ4v) is 3.69. The molecule has 2 N–H and O–H groups in total. The second kappa shape index (κ2) is 4.37. The van der Waals surface area contributed by atoms with Crippen molar-refractivity contribution < 1.29 is 13.2 Å². The summed E-state index contributed by atoms with van der Waals surface area (Å²) in [5.74, 6) is -0.262. The summed E-state index contributed by atoms with van der Waals surface area (Å²) in [4.78, 5) is 13.5. The van der Waals surface area contributed by atoms with Gasteiger partial charge in [-0.1, -0.05) is 6.07 Å². The number of carbonyl (C=O) groups is 1. The molecule has 0 aromatic heterocycles. The summed E-state index contributed by atoms with van der Waals surface area (Å²) >= 11 is 0. The molecule has 0 spiro atoms. The summed E-state index contributed by atoms with van der Waals surface area (Å²) in [6.07, 6.45) is 0. The number of anilines is 1. The zero-order valence-corrected chi connectivity index (χ0v) is 11.2. The maximum Gasteiger partial charge on any atom is 0.240 e. The van der Waals surface area contributed by atoms with Crippen LogP contribution in [0.5, 0.6) is 0 Å². The third kappa shape index (κ3) is 1.91. The lowest BCUT2D eigenvalue weighted by atomic mass is 10.2. The molecule has 1 aromatic carbocycles. The number of rotatable bonds is 1. The zero-order valence-electron chi connectivity index (χ0n) is 10.4. The highest BCUT2D eigenvalue weighted by Gasteiger charge is 2.36. The van der Waals surface area contributed by atoms with Crippen LogP contribution in [0.2, 0.25) is 0 Å². The molecular weight excluding hydrogens is 252 g/mol. The quantitative estimate of drug-likeness (QED) is 0.802. The Bertz CT molecular complexity index is 595. The van der Waals surface area contributed by atoms with Crippen LogP contribution in [0.25, 0.3) is 0 Å². The predicted octanol–water partition coefficient (Wildman–Crippen LogP) is 0.463. The van der Waals surface area contributed by atoms with Crippen molar-refractivity contribution >= 4 is 21.4 Å². The normalized spacial score (nSPS) is 21.5. The van der Waals surface area contributed by atoms with Crippen LogP contribution in [-0.2, 0) is 14.6 Å². The number of benzene rings is 1. The van der Waals surface area contributed by atoms with Crippen LogP contribution >= 0.6 is 0 Å². The maximum atomic E-state index is 12.2. The molecule has 1 aliphatic rings. The van der Waals surface area contributed by atoms with Crippen LogP contribution in [-0.4, -0.2) is 32.7 Å². The van der Waals surface area contributed by atoms with Crippen LogP contribution in [0.3, 0.4) is 0 Å². The van der Waals surface area contributed by atoms with Gasteiger partial charge in [-0.3, -0.25) is 4.79 Å². The molecule has 1 atom stereocenters. The smallest absolute Gasteiger partial charge is 0.240 e. The van der Waals surface area contributed by atoms with Gasteiger partial charge in [0.15, 0.2) is 9.84 Å². The second-order valence-electron chi connectivity index (χ2n) is 4.54. The van der Waals surface area contributed by atoms with Gasteiger partial charge in [-0.05, 0) is 31.5 Å². The zero-order chi connectivity index (χ0) is 13.5. The predicted molar refractivity (Wildman–Crippen MR) is 69.2 cm³/mol. The van der Waals surface area contributed by atoms with Gasteiger partial charge in [0.1, 0.15) is 0 Å². The average Bonchev–Trinajstić information content (AvgIpc) is 2.33. The Morgan fingerprint density at radius 1 is 1.50 bits per heavy atom. The van der Waals surface area contributed by atoms with Gasteiger partial charge in [-0.25, -0.2) is 8.42 Å². The Morgan fingerprint density at radius 2 is 2.17 bits per heavy atom. The van der Waals surface area contributed by atoms with E-state index in [0.717, 1.165) is 5.56 Å². The number of nitrogens with zero attached hydrogens (tertiary/aromatic N) is 1. The summed E-state index contributed by atoms with van der Waals surface area (Å²) < 4.78 is 24.5. The molecule has 6 heteroatoms. The van der Waals surface area contributed by atoms with Crippen LogP contribution in [0.4, 0.5) is 5.69 Å². The van der Waals surface area contributed by atoms with Crippen molar-refractivity contribution in [3.8, 4) is 0 Å². The van der Waals surface area contributed by atoms with E-state index in [2.05, 4.69) is 0 Å². The van der Waals surface area contributed by atoms with Crippen LogP contribution < -0.4 is 10.6 Å². The molecule has 0 aliphatic carbocycles. The number of fused-ring (bicyclic) bond motifs is 1. The van der Waals surface area contributed by atoms with Gasteiger partial charge in [-0.15, -0.1) is 0 Å². The molecule has 18 heavy (non-hydrogen) atoms. The van der Waals surface area contributed by atoms with E-state index in [1.807, 2.05) is 6.92 Å². The minimum atomic E-state index is -3.35. The first-order valence-corrected chi connectivity index (χ1v) is 7.27. The summed E-state index contributed by atoms with van der Waals surface area (Å²) in [6, 6.07) is 5.07. The Hall–Kier alpha value is -1.40. The first kappa shape index (κ1) is 13.0. The number of hydrogen-bond donors (Lipinski definition) is 1. The van der Waals surface area contributed by atoms with E-state index < -0.39 is 15.1 Å². The summed E-state index contributed by atoms with van der Waals surface area (Å²) in [5.41, 5.74) is 6.65. The molecule has 98 valence electrons. The van der Waals surface area contributed by atoms with E-state index in [9.17, 15) is 13.2 Å². The van der Waals surface area contributed by atoms with Crippen molar-refractivity contribution in [2.45, 2.75) is 24.0 Å². The molecule has 0 radical (unpaired) electrons. The third-order valence-electron chi connectivity index (χ3n) is 3.16. The lowest BCUT2D eigenvalue weighted by Crippen LogP contribution is -2.46. The van der Waals surface area contributed by atoms with Crippen molar-refractivity contribution in [3.05, 3.63) is 23.8 Å². The largest absolute Gasteiger partial charge is 0.322 e. The van der Waals surface area contributed by atoms with E-state index in [1.165, 1.54) is 4.90 Å². The van der Waals surface area contributed by atoms with Gasteiger partial charge in [-0.2, -0.15) is 0 Å². The summed E-state index contributed by atoms with van der Waals surface area (Å²) in [6.45, 7) is 3.47. The third-order valence-corrected chi connectivity index (χ3v) is 5.31. The Labute approximate surface area is 107 Å². The van der Waals surface area contributed by atoms with E-state index >= 15 is 0 Å². The monoisotopic (exact) mass is 268 g/mol. The number of hydrogen-bond acceptors (Lipinski definition) is 4. The maximum absolute atomic E-state index is 12.2. The SMILES string of the molecule is Cc1ccc2c(c1)S(=O)(=O)C(C)CN2C(=O)CN. The van der Waals surface area contributed by atoms with E-state index in [4.69, 9.17) is 5.73 Å². The Balaban J connectivity index is 2.65. The lowest BCUT2D eigenvalue weighted by Gasteiger charge is -2.32. The van der Waals surface area contributed by atoms with Gasteiger partial charge < -0.3 is 10.6 Å². The topological polar surface area (TPSA) is 80.5 Å². The molecule has 0 saturated heterocycles. The highest BCUT2D eigenvalue weighted by atomic mass is 32.2.